The monoisotopic (exact) mass is 754 g/mol. The number of nitrogen functional groups attached to an aromatic ring is 2. The molecule has 0 saturated carbocycles. The smallest absolute Gasteiger partial charge is 0.397 e. The molecule has 0 aliphatic carbocycles. The molecule has 3 aromatic rings. The topological polar surface area (TPSA) is 342 Å². The predicted molar refractivity (Wildman–Crippen MR) is 163 cm³/mol. The highest BCUT2D eigenvalue weighted by molar-refractivity contribution is 7.94. The van der Waals surface area contributed by atoms with E-state index in [4.69, 9.17) is 16.0 Å². The Kier molecular flexibility index (Phi) is 10.7. The van der Waals surface area contributed by atoms with Gasteiger partial charge in [-0.15, -0.1) is 15.3 Å². The van der Waals surface area contributed by atoms with Crippen LogP contribution >= 0.6 is 0 Å². The summed E-state index contributed by atoms with van der Waals surface area (Å²) in [6.07, 6.45) is 0. The van der Waals surface area contributed by atoms with Gasteiger partial charge in [0, 0.05) is 5.41 Å². The van der Waals surface area contributed by atoms with Crippen molar-refractivity contribution in [3.8, 4) is 0 Å². The van der Waals surface area contributed by atoms with Gasteiger partial charge in [0.1, 0.15) is 26.9 Å². The van der Waals surface area contributed by atoms with E-state index in [1.54, 1.807) is 0 Å². The first-order valence-corrected chi connectivity index (χ1v) is 19.4. The molecule has 7 N–H and O–H groups in total. The first-order chi connectivity index (χ1) is 21.5. The molecule has 47 heavy (non-hydrogen) atoms. The summed E-state index contributed by atoms with van der Waals surface area (Å²) in [6.45, 7) is 2.16. The van der Waals surface area contributed by atoms with Gasteiger partial charge in [-0.3, -0.25) is 13.7 Å². The van der Waals surface area contributed by atoms with E-state index in [0.717, 1.165) is 18.2 Å². The average Bonchev–Trinajstić information content (AvgIpc) is 2.94. The summed E-state index contributed by atoms with van der Waals surface area (Å²) in [7, 11) is -23.8. The number of nitrogens with zero attached hydrogens (tertiary/aromatic N) is 4. The molecule has 20 nitrogen and oxygen atoms in total. The molecule has 0 atom stereocenters. The summed E-state index contributed by atoms with van der Waals surface area (Å²) in [5.41, 5.74) is 8.37. The van der Waals surface area contributed by atoms with Crippen molar-refractivity contribution in [2.45, 2.75) is 19.6 Å². The van der Waals surface area contributed by atoms with Gasteiger partial charge in [-0.2, -0.15) is 30.4 Å². The Bertz CT molecular complexity index is 2380. The molecule has 0 aliphatic rings. The number of rotatable bonds is 13. The third kappa shape index (κ3) is 9.42. The molecular weight excluding hydrogens is 733 g/mol. The number of anilines is 2. The van der Waals surface area contributed by atoms with Crippen LogP contribution in [0.4, 0.5) is 34.1 Å². The summed E-state index contributed by atoms with van der Waals surface area (Å²) in [4.78, 5) is -3.25. The second-order valence-electron chi connectivity index (χ2n) is 8.83. The highest BCUT2D eigenvalue weighted by Crippen LogP contribution is 2.43. The quantitative estimate of drug-likeness (QED) is 0.0951. The van der Waals surface area contributed by atoms with Gasteiger partial charge in [0.2, 0.25) is 0 Å². The molecule has 0 heterocycles. The minimum absolute atomic E-state index is 0.0229. The minimum atomic E-state index is -5.28. The molecule has 0 fully saturated rings. The molecule has 0 aromatic heterocycles. The molecule has 0 radical (unpaired) electrons. The standard InChI is InChI=1S/C22H22N6O14S5/c1-2-43(29,30)14-5-3-4-13(10-14)25-27-18-12-16(23)22(46(36,37)38)21(20(18)24)28-26-17-7-6-15(11-19(17)45(33,34)35)44(31,32)9-8-42-47(39,40)41/h2-7,10-12H,1,8-9,23-24H2,(H,33,34,35)(H,36,37,38)(H,39,40,41). The van der Waals surface area contributed by atoms with Gasteiger partial charge in [0.25, 0.3) is 20.2 Å². The fraction of sp³-hybridized carbons (Fsp3) is 0.0909. The Hall–Kier alpha value is -4.21. The molecule has 3 aromatic carbocycles. The fourth-order valence-electron chi connectivity index (χ4n) is 3.50. The van der Waals surface area contributed by atoms with Gasteiger partial charge in [-0.05, 0) is 42.5 Å². The summed E-state index contributed by atoms with van der Waals surface area (Å²) in [6, 6.07) is 7.81. The molecule has 0 bridgehead atoms. The van der Waals surface area contributed by atoms with E-state index in [1.165, 1.54) is 18.2 Å². The van der Waals surface area contributed by atoms with E-state index in [-0.39, 0.29) is 16.3 Å². The lowest BCUT2D eigenvalue weighted by Crippen LogP contribution is -2.16. The van der Waals surface area contributed by atoms with Crippen LogP contribution in [0.1, 0.15) is 0 Å². The molecule has 0 amide bonds. The second-order valence-corrected chi connectivity index (χ2v) is 16.7. The SMILES string of the molecule is C=CS(=O)(=O)c1cccc(N=Nc2cc(N)c(S(=O)(=O)O)c(N=Nc3ccc(S(=O)(=O)CCOS(=O)(=O)O)cc3S(=O)(=O)O)c2N)c1. The fourth-order valence-corrected chi connectivity index (χ4v) is 7.23. The largest absolute Gasteiger partial charge is 0.397 e. The van der Waals surface area contributed by atoms with Crippen LogP contribution in [0.3, 0.4) is 0 Å². The van der Waals surface area contributed by atoms with Crippen LogP contribution in [0.15, 0.2) is 101 Å². The molecule has 0 saturated heterocycles. The number of hydrogen-bond acceptors (Lipinski definition) is 17. The maximum absolute atomic E-state index is 12.5. The van der Waals surface area contributed by atoms with E-state index in [1.807, 2.05) is 0 Å². The number of hydrogen-bond donors (Lipinski definition) is 5. The van der Waals surface area contributed by atoms with Gasteiger partial charge in [-0.1, -0.05) is 12.6 Å². The minimum Gasteiger partial charge on any atom is -0.397 e. The Balaban J connectivity index is 2.15. The second kappa shape index (κ2) is 13.5. The molecule has 3 rings (SSSR count). The first kappa shape index (κ1) is 37.2. The van der Waals surface area contributed by atoms with Crippen molar-refractivity contribution < 1.29 is 59.9 Å². The Morgan fingerprint density at radius 2 is 1.38 bits per heavy atom. The van der Waals surface area contributed by atoms with Crippen LogP contribution in [0.5, 0.6) is 0 Å². The Labute approximate surface area is 267 Å². The number of benzene rings is 3. The summed E-state index contributed by atoms with van der Waals surface area (Å²) in [5.74, 6) is -1.07. The zero-order chi connectivity index (χ0) is 35.6. The van der Waals surface area contributed by atoms with Crippen molar-refractivity contribution in [3.63, 3.8) is 0 Å². The van der Waals surface area contributed by atoms with Gasteiger partial charge < -0.3 is 11.5 Å². The average molecular weight is 755 g/mol. The third-order valence-electron chi connectivity index (χ3n) is 5.61. The first-order valence-electron chi connectivity index (χ1n) is 11.9. The van der Waals surface area contributed by atoms with Gasteiger partial charge >= 0.3 is 10.4 Å². The molecule has 25 heteroatoms. The van der Waals surface area contributed by atoms with E-state index >= 15 is 0 Å². The molecular formula is C22H22N6O14S5. The lowest BCUT2D eigenvalue weighted by atomic mass is 10.2. The van der Waals surface area contributed by atoms with E-state index in [2.05, 4.69) is 31.2 Å². The predicted octanol–water partition coefficient (Wildman–Crippen LogP) is 2.69. The summed E-state index contributed by atoms with van der Waals surface area (Å²) < 4.78 is 151. The zero-order valence-electron chi connectivity index (χ0n) is 23.1. The number of sulfone groups is 2. The van der Waals surface area contributed by atoms with E-state index in [0.29, 0.717) is 17.5 Å². The van der Waals surface area contributed by atoms with Crippen molar-refractivity contribution in [3.05, 3.63) is 60.5 Å². The van der Waals surface area contributed by atoms with Crippen LogP contribution in [-0.2, 0) is 54.5 Å². The van der Waals surface area contributed by atoms with Crippen molar-refractivity contribution in [2.75, 3.05) is 23.8 Å². The van der Waals surface area contributed by atoms with Crippen LogP contribution in [0.25, 0.3) is 0 Å². The van der Waals surface area contributed by atoms with Crippen LogP contribution in [-0.4, -0.2) is 68.1 Å². The van der Waals surface area contributed by atoms with Crippen molar-refractivity contribution in [1.82, 2.24) is 0 Å². The van der Waals surface area contributed by atoms with Crippen molar-refractivity contribution >= 4 is 84.4 Å². The Morgan fingerprint density at radius 3 is 1.96 bits per heavy atom. The van der Waals surface area contributed by atoms with Gasteiger partial charge in [0.05, 0.1) is 39.2 Å². The maximum Gasteiger partial charge on any atom is 0.397 e. The number of nitrogens with two attached hydrogens (primary N) is 2. The van der Waals surface area contributed by atoms with Crippen LogP contribution in [0.2, 0.25) is 0 Å². The normalized spacial score (nSPS) is 13.3. The van der Waals surface area contributed by atoms with E-state index in [9.17, 15) is 51.2 Å². The lowest BCUT2D eigenvalue weighted by Gasteiger charge is -2.11. The molecule has 254 valence electrons. The Morgan fingerprint density at radius 1 is 0.745 bits per heavy atom. The zero-order valence-corrected chi connectivity index (χ0v) is 27.2. The van der Waals surface area contributed by atoms with Gasteiger partial charge in [-0.25, -0.2) is 21.0 Å². The molecule has 0 spiro atoms. The van der Waals surface area contributed by atoms with Gasteiger partial charge in [0.15, 0.2) is 19.7 Å². The van der Waals surface area contributed by atoms with Crippen LogP contribution in [0, 0.1) is 0 Å². The lowest BCUT2D eigenvalue weighted by molar-refractivity contribution is 0.284. The molecule has 0 aliphatic heterocycles. The summed E-state index contributed by atoms with van der Waals surface area (Å²) in [5, 5.41) is 15.5. The van der Waals surface area contributed by atoms with Crippen molar-refractivity contribution in [1.29, 1.82) is 0 Å². The summed E-state index contributed by atoms with van der Waals surface area (Å²) >= 11 is 0. The number of azo groups is 2. The molecule has 0 unspecified atom stereocenters. The third-order valence-corrected chi connectivity index (χ3v) is 10.9. The van der Waals surface area contributed by atoms with Crippen LogP contribution < -0.4 is 11.5 Å². The highest BCUT2D eigenvalue weighted by Gasteiger charge is 2.26. The highest BCUT2D eigenvalue weighted by atomic mass is 32.3. The van der Waals surface area contributed by atoms with Crippen molar-refractivity contribution in [2.24, 2.45) is 20.5 Å². The maximum atomic E-state index is 12.5. The van der Waals surface area contributed by atoms with E-state index < -0.39 is 100 Å².